The molecule has 15 heavy (non-hydrogen) atoms. The van der Waals surface area contributed by atoms with Crippen LogP contribution in [-0.2, 0) is 12.0 Å². The molecule has 0 saturated carbocycles. The molecule has 0 spiro atoms. The van der Waals surface area contributed by atoms with Crippen LogP contribution in [0.15, 0.2) is 0 Å². The average molecular weight is 209 g/mol. The number of hydrogen-bond donors (Lipinski definition) is 1. The van der Waals surface area contributed by atoms with Gasteiger partial charge in [-0.15, -0.1) is 0 Å². The zero-order valence-corrected chi connectivity index (χ0v) is 10.1. The minimum absolute atomic E-state index is 0.0459. The monoisotopic (exact) mass is 209 g/mol. The Morgan fingerprint density at radius 3 is 2.27 bits per heavy atom. The Kier molecular flexibility index (Phi) is 3.29. The molecule has 0 radical (unpaired) electrons. The van der Waals surface area contributed by atoms with Gasteiger partial charge in [0.25, 0.3) is 0 Å². The quantitative estimate of drug-likeness (QED) is 0.802. The fraction of sp³-hybridized carbons (Fsp3) is 0.636. The van der Waals surface area contributed by atoms with E-state index < -0.39 is 0 Å². The molecule has 84 valence electrons. The highest BCUT2D eigenvalue weighted by Crippen LogP contribution is 2.28. The Bertz CT molecular complexity index is 356. The van der Waals surface area contributed by atoms with Crippen molar-refractivity contribution < 1.29 is 4.74 Å². The van der Waals surface area contributed by atoms with Crippen molar-refractivity contribution in [3.05, 3.63) is 17.1 Å². The molecule has 0 fully saturated rings. The van der Waals surface area contributed by atoms with E-state index in [0.717, 1.165) is 11.3 Å². The number of ether oxygens (including phenoxy) is 1. The topological polar surface area (TPSA) is 61.0 Å². The predicted octanol–water partition coefficient (Wildman–Crippen LogP) is 1.55. The molecule has 0 atom stereocenters. The number of hydrogen-bond acceptors (Lipinski definition) is 4. The third-order valence-corrected chi connectivity index (χ3v) is 2.19. The number of aryl methyl sites for hydroxylation is 1. The summed E-state index contributed by atoms with van der Waals surface area (Å²) in [5.74, 6) is 1.31. The summed E-state index contributed by atoms with van der Waals surface area (Å²) in [4.78, 5) is 8.68. The Labute approximate surface area is 90.9 Å². The highest BCUT2D eigenvalue weighted by atomic mass is 16.5. The van der Waals surface area contributed by atoms with Crippen LogP contribution in [-0.4, -0.2) is 17.1 Å². The Balaban J connectivity index is 3.42. The first-order chi connectivity index (χ1) is 6.90. The largest absolute Gasteiger partial charge is 0.481 e. The molecular weight excluding hydrogens is 190 g/mol. The minimum Gasteiger partial charge on any atom is -0.481 e. The highest BCUT2D eigenvalue weighted by molar-refractivity contribution is 5.34. The van der Waals surface area contributed by atoms with E-state index >= 15 is 0 Å². The summed E-state index contributed by atoms with van der Waals surface area (Å²) >= 11 is 0. The van der Waals surface area contributed by atoms with Crippen molar-refractivity contribution in [2.75, 3.05) is 7.11 Å². The van der Waals surface area contributed by atoms with Crippen molar-refractivity contribution in [2.24, 2.45) is 5.73 Å². The Morgan fingerprint density at radius 2 is 1.87 bits per heavy atom. The van der Waals surface area contributed by atoms with E-state index in [1.807, 2.05) is 6.92 Å². The van der Waals surface area contributed by atoms with Crippen molar-refractivity contribution in [3.8, 4) is 5.88 Å². The normalized spacial score (nSPS) is 11.6. The zero-order valence-electron chi connectivity index (χ0n) is 10.1. The maximum Gasteiger partial charge on any atom is 0.221 e. The van der Waals surface area contributed by atoms with Crippen LogP contribution in [0.2, 0.25) is 0 Å². The molecule has 0 aliphatic carbocycles. The average Bonchev–Trinajstić information content (AvgIpc) is 2.15. The van der Waals surface area contributed by atoms with Gasteiger partial charge in [-0.25, -0.2) is 4.98 Å². The number of nitrogens with zero attached hydrogens (tertiary/aromatic N) is 2. The molecule has 0 unspecified atom stereocenters. The summed E-state index contributed by atoms with van der Waals surface area (Å²) in [5, 5.41) is 0. The zero-order chi connectivity index (χ0) is 11.6. The van der Waals surface area contributed by atoms with Gasteiger partial charge < -0.3 is 10.5 Å². The van der Waals surface area contributed by atoms with Crippen LogP contribution >= 0.6 is 0 Å². The number of rotatable bonds is 2. The molecule has 1 aromatic rings. The molecule has 0 aliphatic rings. The fourth-order valence-electron chi connectivity index (χ4n) is 1.54. The summed E-state index contributed by atoms with van der Waals surface area (Å²) < 4.78 is 5.22. The molecule has 4 heteroatoms. The lowest BCUT2D eigenvalue weighted by Crippen LogP contribution is -2.20. The molecule has 1 heterocycles. The van der Waals surface area contributed by atoms with Crippen LogP contribution < -0.4 is 10.5 Å². The van der Waals surface area contributed by atoms with E-state index in [4.69, 9.17) is 10.5 Å². The standard InChI is InChI=1S/C11H19N3O/c1-7-13-9(11(2,3)4)8(6-12)10(14-7)15-5/h6,12H2,1-5H3. The van der Waals surface area contributed by atoms with Gasteiger partial charge in [-0.3, -0.25) is 0 Å². The molecule has 1 rings (SSSR count). The number of nitrogens with two attached hydrogens (primary N) is 1. The van der Waals surface area contributed by atoms with E-state index in [0.29, 0.717) is 18.2 Å². The van der Waals surface area contributed by atoms with Crippen LogP contribution in [0.4, 0.5) is 0 Å². The van der Waals surface area contributed by atoms with Crippen molar-refractivity contribution >= 4 is 0 Å². The summed E-state index contributed by atoms with van der Waals surface area (Å²) in [6.07, 6.45) is 0. The summed E-state index contributed by atoms with van der Waals surface area (Å²) in [6, 6.07) is 0. The fourth-order valence-corrected chi connectivity index (χ4v) is 1.54. The van der Waals surface area contributed by atoms with Crippen molar-refractivity contribution in [2.45, 2.75) is 39.7 Å². The molecule has 1 aromatic heterocycles. The first-order valence-corrected chi connectivity index (χ1v) is 5.02. The van der Waals surface area contributed by atoms with E-state index in [1.165, 1.54) is 0 Å². The van der Waals surface area contributed by atoms with Crippen molar-refractivity contribution in [1.29, 1.82) is 0 Å². The maximum atomic E-state index is 5.71. The Morgan fingerprint density at radius 1 is 1.27 bits per heavy atom. The van der Waals surface area contributed by atoms with Gasteiger partial charge in [-0.2, -0.15) is 4.98 Å². The van der Waals surface area contributed by atoms with Crippen molar-refractivity contribution in [3.63, 3.8) is 0 Å². The molecular formula is C11H19N3O. The summed E-state index contributed by atoms with van der Waals surface area (Å²) in [6.45, 7) is 8.57. The van der Waals surface area contributed by atoms with E-state index in [2.05, 4.69) is 30.7 Å². The van der Waals surface area contributed by atoms with E-state index in [9.17, 15) is 0 Å². The first-order valence-electron chi connectivity index (χ1n) is 5.02. The smallest absolute Gasteiger partial charge is 0.221 e. The second kappa shape index (κ2) is 4.14. The molecule has 0 bridgehead atoms. The Hall–Kier alpha value is -1.16. The van der Waals surface area contributed by atoms with Crippen LogP contribution in [0, 0.1) is 6.92 Å². The SMILES string of the molecule is COc1nc(C)nc(C(C)(C)C)c1CN. The molecule has 4 nitrogen and oxygen atoms in total. The summed E-state index contributed by atoms with van der Waals surface area (Å²) in [7, 11) is 1.60. The molecule has 0 saturated heterocycles. The van der Waals surface area contributed by atoms with Gasteiger partial charge in [-0.1, -0.05) is 20.8 Å². The van der Waals surface area contributed by atoms with Gasteiger partial charge in [0.15, 0.2) is 0 Å². The summed E-state index contributed by atoms with van der Waals surface area (Å²) in [5.41, 5.74) is 7.53. The maximum absolute atomic E-state index is 5.71. The van der Waals surface area contributed by atoms with E-state index in [1.54, 1.807) is 7.11 Å². The lowest BCUT2D eigenvalue weighted by Gasteiger charge is -2.22. The van der Waals surface area contributed by atoms with Gasteiger partial charge in [-0.05, 0) is 6.92 Å². The lowest BCUT2D eigenvalue weighted by atomic mass is 9.88. The van der Waals surface area contributed by atoms with Crippen LogP contribution in [0.5, 0.6) is 5.88 Å². The van der Waals surface area contributed by atoms with Crippen LogP contribution in [0.25, 0.3) is 0 Å². The van der Waals surface area contributed by atoms with Gasteiger partial charge in [0.05, 0.1) is 12.8 Å². The van der Waals surface area contributed by atoms with Gasteiger partial charge >= 0.3 is 0 Å². The molecule has 0 aliphatic heterocycles. The molecule has 0 aromatic carbocycles. The van der Waals surface area contributed by atoms with Gasteiger partial charge in [0.1, 0.15) is 5.82 Å². The third kappa shape index (κ3) is 2.45. The highest BCUT2D eigenvalue weighted by Gasteiger charge is 2.23. The van der Waals surface area contributed by atoms with E-state index in [-0.39, 0.29) is 5.41 Å². The second-order valence-corrected chi connectivity index (χ2v) is 4.56. The lowest BCUT2D eigenvalue weighted by molar-refractivity contribution is 0.385. The van der Waals surface area contributed by atoms with Gasteiger partial charge in [0.2, 0.25) is 5.88 Å². The minimum atomic E-state index is -0.0459. The molecule has 2 N–H and O–H groups in total. The molecule has 0 amide bonds. The number of aromatic nitrogens is 2. The van der Waals surface area contributed by atoms with Crippen LogP contribution in [0.3, 0.4) is 0 Å². The van der Waals surface area contributed by atoms with Crippen molar-refractivity contribution in [1.82, 2.24) is 9.97 Å². The predicted molar refractivity (Wildman–Crippen MR) is 59.9 cm³/mol. The first kappa shape index (κ1) is 11.9. The van der Waals surface area contributed by atoms with Crippen LogP contribution in [0.1, 0.15) is 37.9 Å². The third-order valence-electron chi connectivity index (χ3n) is 2.19. The number of methoxy groups -OCH3 is 1. The van der Waals surface area contributed by atoms with Gasteiger partial charge in [0, 0.05) is 17.5 Å². The second-order valence-electron chi connectivity index (χ2n) is 4.56.